The summed E-state index contributed by atoms with van der Waals surface area (Å²) in [6, 6.07) is 6.18. The van der Waals surface area contributed by atoms with Crippen molar-refractivity contribution in [1.82, 2.24) is 9.80 Å². The maximum absolute atomic E-state index is 13.1. The molecule has 2 aliphatic rings. The second-order valence-electron chi connectivity index (χ2n) is 7.12. The summed E-state index contributed by atoms with van der Waals surface area (Å²) in [4.78, 5) is 17.3. The Labute approximate surface area is 138 Å². The molecule has 23 heavy (non-hydrogen) atoms. The molecule has 1 aliphatic carbocycles. The van der Waals surface area contributed by atoms with Gasteiger partial charge in [-0.2, -0.15) is 0 Å². The standard InChI is InChI=1S/C19H27FN2O/c1-3-22(18(23)15-7-9-16(20)10-8-15)17-13-19(21(2)14-17)11-5-4-6-12-19/h7-10,17H,3-6,11-14H2,1-2H3/t17-/m1/s1. The Hall–Kier alpha value is -1.42. The molecule has 1 amide bonds. The van der Waals surface area contributed by atoms with Gasteiger partial charge < -0.3 is 4.90 Å². The Bertz CT molecular complexity index is 551. The van der Waals surface area contributed by atoms with Crippen molar-refractivity contribution in [3.05, 3.63) is 35.6 Å². The molecule has 0 N–H and O–H groups in total. The van der Waals surface area contributed by atoms with Crippen molar-refractivity contribution < 1.29 is 9.18 Å². The maximum Gasteiger partial charge on any atom is 0.254 e. The number of hydrogen-bond donors (Lipinski definition) is 0. The monoisotopic (exact) mass is 318 g/mol. The highest BCUT2D eigenvalue weighted by Gasteiger charge is 2.46. The van der Waals surface area contributed by atoms with Gasteiger partial charge in [0.15, 0.2) is 0 Å². The quantitative estimate of drug-likeness (QED) is 0.848. The summed E-state index contributed by atoms with van der Waals surface area (Å²) >= 11 is 0. The van der Waals surface area contributed by atoms with E-state index in [-0.39, 0.29) is 17.8 Å². The van der Waals surface area contributed by atoms with E-state index in [1.165, 1.54) is 44.2 Å². The largest absolute Gasteiger partial charge is 0.335 e. The summed E-state index contributed by atoms with van der Waals surface area (Å²) in [6.07, 6.45) is 7.52. The van der Waals surface area contributed by atoms with Gasteiger partial charge in [-0.3, -0.25) is 9.69 Å². The van der Waals surface area contributed by atoms with Gasteiger partial charge in [-0.25, -0.2) is 4.39 Å². The molecular weight excluding hydrogens is 291 g/mol. The molecule has 0 bridgehead atoms. The molecule has 1 aromatic rings. The van der Waals surface area contributed by atoms with Crippen LogP contribution in [0.2, 0.25) is 0 Å². The van der Waals surface area contributed by atoms with Crippen LogP contribution < -0.4 is 0 Å². The highest BCUT2D eigenvalue weighted by atomic mass is 19.1. The molecule has 126 valence electrons. The fourth-order valence-corrected chi connectivity index (χ4v) is 4.50. The number of carbonyl (C=O) groups excluding carboxylic acids is 1. The van der Waals surface area contributed by atoms with Crippen LogP contribution in [0.4, 0.5) is 4.39 Å². The third-order valence-electron chi connectivity index (χ3n) is 5.83. The molecule has 1 spiro atoms. The Balaban J connectivity index is 1.76. The van der Waals surface area contributed by atoms with Gasteiger partial charge in [0.1, 0.15) is 5.82 Å². The molecule has 0 aromatic heterocycles. The van der Waals surface area contributed by atoms with E-state index in [4.69, 9.17) is 0 Å². The summed E-state index contributed by atoms with van der Waals surface area (Å²) in [5, 5.41) is 0. The van der Waals surface area contributed by atoms with E-state index in [1.54, 1.807) is 12.1 Å². The van der Waals surface area contributed by atoms with Crippen LogP contribution in [0.15, 0.2) is 24.3 Å². The third-order valence-corrected chi connectivity index (χ3v) is 5.83. The van der Waals surface area contributed by atoms with Gasteiger partial charge in [0, 0.05) is 30.2 Å². The summed E-state index contributed by atoms with van der Waals surface area (Å²) < 4.78 is 13.1. The van der Waals surface area contributed by atoms with E-state index >= 15 is 0 Å². The molecule has 0 unspecified atom stereocenters. The minimum Gasteiger partial charge on any atom is -0.335 e. The lowest BCUT2D eigenvalue weighted by atomic mass is 9.79. The van der Waals surface area contributed by atoms with Gasteiger partial charge >= 0.3 is 0 Å². The molecule has 2 fully saturated rings. The number of likely N-dealkylation sites (tertiary alicyclic amines) is 1. The summed E-state index contributed by atoms with van der Waals surface area (Å²) in [7, 11) is 2.21. The van der Waals surface area contributed by atoms with E-state index in [1.807, 2.05) is 11.8 Å². The molecule has 1 atom stereocenters. The van der Waals surface area contributed by atoms with E-state index < -0.39 is 0 Å². The predicted molar refractivity (Wildman–Crippen MR) is 90.0 cm³/mol. The van der Waals surface area contributed by atoms with E-state index in [2.05, 4.69) is 11.9 Å². The van der Waals surface area contributed by atoms with Gasteiger partial charge in [-0.15, -0.1) is 0 Å². The lowest BCUT2D eigenvalue weighted by Gasteiger charge is -2.39. The van der Waals surface area contributed by atoms with Gasteiger partial charge in [-0.05, 0) is 57.5 Å². The second kappa shape index (κ2) is 6.60. The molecule has 4 heteroatoms. The number of rotatable bonds is 3. The van der Waals surface area contributed by atoms with Crippen molar-refractivity contribution in [2.24, 2.45) is 0 Å². The lowest BCUT2D eigenvalue weighted by molar-refractivity contribution is 0.0694. The van der Waals surface area contributed by atoms with Crippen molar-refractivity contribution in [1.29, 1.82) is 0 Å². The average molecular weight is 318 g/mol. The first-order chi connectivity index (χ1) is 11.1. The number of carbonyl (C=O) groups is 1. The molecule has 1 aliphatic heterocycles. The first kappa shape index (κ1) is 16.4. The van der Waals surface area contributed by atoms with Gasteiger partial charge in [0.05, 0.1) is 0 Å². The summed E-state index contributed by atoms with van der Waals surface area (Å²) in [6.45, 7) is 3.68. The fourth-order valence-electron chi connectivity index (χ4n) is 4.50. The molecule has 1 saturated carbocycles. The van der Waals surface area contributed by atoms with Gasteiger partial charge in [0.25, 0.3) is 5.91 Å². The van der Waals surface area contributed by atoms with E-state index in [0.29, 0.717) is 17.6 Å². The van der Waals surface area contributed by atoms with Crippen LogP contribution in [0.1, 0.15) is 55.8 Å². The summed E-state index contributed by atoms with van der Waals surface area (Å²) in [5.41, 5.74) is 0.875. The highest BCUT2D eigenvalue weighted by molar-refractivity contribution is 5.94. The Kier molecular flexibility index (Phi) is 4.72. The van der Waals surface area contributed by atoms with Crippen LogP contribution in [0.3, 0.4) is 0 Å². The average Bonchev–Trinajstić information content (AvgIpc) is 2.85. The third kappa shape index (κ3) is 3.14. The molecule has 3 nitrogen and oxygen atoms in total. The minimum atomic E-state index is -0.300. The van der Waals surface area contributed by atoms with Crippen LogP contribution in [0.5, 0.6) is 0 Å². The zero-order valence-electron chi connectivity index (χ0n) is 14.2. The van der Waals surface area contributed by atoms with Crippen molar-refractivity contribution in [2.45, 2.75) is 57.0 Å². The molecule has 1 saturated heterocycles. The molecule has 1 aromatic carbocycles. The van der Waals surface area contributed by atoms with Crippen LogP contribution in [0, 0.1) is 5.82 Å². The van der Waals surface area contributed by atoms with Crippen molar-refractivity contribution in [3.63, 3.8) is 0 Å². The van der Waals surface area contributed by atoms with Crippen LogP contribution in [-0.2, 0) is 0 Å². The van der Waals surface area contributed by atoms with Crippen molar-refractivity contribution in [3.8, 4) is 0 Å². The zero-order chi connectivity index (χ0) is 16.4. The van der Waals surface area contributed by atoms with E-state index in [9.17, 15) is 9.18 Å². The first-order valence-electron chi connectivity index (χ1n) is 8.83. The predicted octanol–water partition coefficient (Wildman–Crippen LogP) is 3.69. The number of benzene rings is 1. The Morgan fingerprint density at radius 3 is 2.52 bits per heavy atom. The number of likely N-dealkylation sites (N-methyl/N-ethyl adjacent to an activating group) is 2. The minimum absolute atomic E-state index is 0.0266. The number of nitrogens with zero attached hydrogens (tertiary/aromatic N) is 2. The number of halogens is 1. The first-order valence-corrected chi connectivity index (χ1v) is 8.83. The maximum atomic E-state index is 13.1. The molecule has 1 heterocycles. The van der Waals surface area contributed by atoms with E-state index in [0.717, 1.165) is 13.0 Å². The Morgan fingerprint density at radius 2 is 1.91 bits per heavy atom. The van der Waals surface area contributed by atoms with Gasteiger partial charge in [-0.1, -0.05) is 19.3 Å². The SMILES string of the molecule is CCN(C(=O)c1ccc(F)cc1)[C@H]1CN(C)C2(CCCCC2)C1. The smallest absolute Gasteiger partial charge is 0.254 e. The lowest BCUT2D eigenvalue weighted by Crippen LogP contribution is -2.42. The van der Waals surface area contributed by atoms with Crippen LogP contribution >= 0.6 is 0 Å². The van der Waals surface area contributed by atoms with Crippen molar-refractivity contribution in [2.75, 3.05) is 20.1 Å². The molecular formula is C19H27FN2O. The Morgan fingerprint density at radius 1 is 1.26 bits per heavy atom. The fraction of sp³-hybridized carbons (Fsp3) is 0.632. The normalized spacial score (nSPS) is 24.0. The molecule has 3 rings (SSSR count). The number of hydrogen-bond acceptors (Lipinski definition) is 2. The second-order valence-corrected chi connectivity index (χ2v) is 7.12. The molecule has 0 radical (unpaired) electrons. The van der Waals surface area contributed by atoms with Crippen LogP contribution in [0.25, 0.3) is 0 Å². The van der Waals surface area contributed by atoms with Crippen LogP contribution in [-0.4, -0.2) is 47.4 Å². The highest BCUT2D eigenvalue weighted by Crippen LogP contribution is 2.42. The zero-order valence-corrected chi connectivity index (χ0v) is 14.2. The van der Waals surface area contributed by atoms with Gasteiger partial charge in [0.2, 0.25) is 0 Å². The summed E-state index contributed by atoms with van der Waals surface area (Å²) in [5.74, 6) is -0.273. The topological polar surface area (TPSA) is 23.6 Å². The van der Waals surface area contributed by atoms with Crippen molar-refractivity contribution >= 4 is 5.91 Å². The number of amides is 1.